The molecule has 0 aromatic carbocycles. The van der Waals surface area contributed by atoms with Crippen LogP contribution in [-0.2, 0) is 4.79 Å². The molecular weight excluding hydrogens is 332 g/mol. The summed E-state index contributed by atoms with van der Waals surface area (Å²) in [6.45, 7) is 4.05. The highest BCUT2D eigenvalue weighted by Crippen LogP contribution is 2.24. The van der Waals surface area contributed by atoms with Gasteiger partial charge in [0.25, 0.3) is 5.91 Å². The standard InChI is InChI=1S/C19H26N4O3/c1-12(2)23-17-13(11-21-23)9-14(10-20-17)18(24)22-16-8-6-4-3-5-7-15(16)19(25)26/h9-12,15-16H,3-8H2,1-2H3,(H,22,24)(H,25,26). The molecule has 0 radical (unpaired) electrons. The van der Waals surface area contributed by atoms with Crippen molar-refractivity contribution in [1.82, 2.24) is 20.1 Å². The number of carbonyl (C=O) groups is 2. The molecule has 7 nitrogen and oxygen atoms in total. The quantitative estimate of drug-likeness (QED) is 0.875. The number of nitrogens with one attached hydrogen (secondary N) is 1. The van der Waals surface area contributed by atoms with E-state index in [1.165, 1.54) is 6.20 Å². The lowest BCUT2D eigenvalue weighted by molar-refractivity contribution is -0.143. The van der Waals surface area contributed by atoms with Crippen LogP contribution in [0.1, 0.15) is 68.8 Å². The second kappa shape index (κ2) is 7.85. The number of fused-ring (bicyclic) bond motifs is 1. The third-order valence-electron chi connectivity index (χ3n) is 5.08. The van der Waals surface area contributed by atoms with Gasteiger partial charge in [-0.05, 0) is 32.8 Å². The second-order valence-electron chi connectivity index (χ2n) is 7.34. The van der Waals surface area contributed by atoms with Crippen molar-refractivity contribution in [3.05, 3.63) is 24.0 Å². The number of aliphatic carboxylic acids is 1. The van der Waals surface area contributed by atoms with E-state index in [2.05, 4.69) is 15.4 Å². The van der Waals surface area contributed by atoms with Crippen molar-refractivity contribution < 1.29 is 14.7 Å². The van der Waals surface area contributed by atoms with Gasteiger partial charge in [-0.3, -0.25) is 9.59 Å². The van der Waals surface area contributed by atoms with Crippen molar-refractivity contribution in [3.8, 4) is 0 Å². The normalized spacial score (nSPS) is 21.3. The molecule has 140 valence electrons. The summed E-state index contributed by atoms with van der Waals surface area (Å²) in [6.07, 6.45) is 8.53. The molecule has 26 heavy (non-hydrogen) atoms. The highest BCUT2D eigenvalue weighted by molar-refractivity contribution is 5.97. The average molecular weight is 358 g/mol. The lowest BCUT2D eigenvalue weighted by Crippen LogP contribution is -2.44. The van der Waals surface area contributed by atoms with E-state index < -0.39 is 11.9 Å². The third-order valence-corrected chi connectivity index (χ3v) is 5.08. The van der Waals surface area contributed by atoms with E-state index >= 15 is 0 Å². The zero-order valence-electron chi connectivity index (χ0n) is 15.3. The topological polar surface area (TPSA) is 97.1 Å². The second-order valence-corrected chi connectivity index (χ2v) is 7.34. The molecule has 2 atom stereocenters. The first-order valence-electron chi connectivity index (χ1n) is 9.34. The first-order chi connectivity index (χ1) is 12.5. The van der Waals surface area contributed by atoms with Gasteiger partial charge in [-0.25, -0.2) is 9.67 Å². The minimum atomic E-state index is -0.830. The van der Waals surface area contributed by atoms with E-state index in [0.29, 0.717) is 18.4 Å². The summed E-state index contributed by atoms with van der Waals surface area (Å²) in [5.41, 5.74) is 1.18. The lowest BCUT2D eigenvalue weighted by atomic mass is 9.86. The Bertz CT molecular complexity index is 799. The average Bonchev–Trinajstić information content (AvgIpc) is 3.00. The van der Waals surface area contributed by atoms with Crippen LogP contribution in [0.2, 0.25) is 0 Å². The Morgan fingerprint density at radius 3 is 2.62 bits per heavy atom. The molecule has 3 rings (SSSR count). The maximum absolute atomic E-state index is 12.7. The van der Waals surface area contributed by atoms with Crippen molar-refractivity contribution in [1.29, 1.82) is 0 Å². The Labute approximate surface area is 152 Å². The van der Waals surface area contributed by atoms with Gasteiger partial charge in [0.1, 0.15) is 0 Å². The summed E-state index contributed by atoms with van der Waals surface area (Å²) in [5.74, 6) is -1.63. The Kier molecular flexibility index (Phi) is 5.54. The van der Waals surface area contributed by atoms with Gasteiger partial charge in [0.2, 0.25) is 0 Å². The van der Waals surface area contributed by atoms with E-state index in [-0.39, 0.29) is 18.0 Å². The van der Waals surface area contributed by atoms with Gasteiger partial charge >= 0.3 is 5.97 Å². The smallest absolute Gasteiger partial charge is 0.308 e. The Morgan fingerprint density at radius 1 is 1.19 bits per heavy atom. The number of pyridine rings is 1. The van der Waals surface area contributed by atoms with Crippen molar-refractivity contribution in [3.63, 3.8) is 0 Å². The van der Waals surface area contributed by atoms with Gasteiger partial charge in [0, 0.05) is 23.7 Å². The van der Waals surface area contributed by atoms with Crippen molar-refractivity contribution in [2.24, 2.45) is 5.92 Å². The van der Waals surface area contributed by atoms with Crippen molar-refractivity contribution in [2.75, 3.05) is 0 Å². The summed E-state index contributed by atoms with van der Waals surface area (Å²) in [6, 6.07) is 1.61. The highest BCUT2D eigenvalue weighted by atomic mass is 16.4. The summed E-state index contributed by atoms with van der Waals surface area (Å²) < 4.78 is 1.81. The van der Waals surface area contributed by atoms with Crippen LogP contribution in [0.5, 0.6) is 0 Å². The number of amides is 1. The number of hydrogen-bond donors (Lipinski definition) is 2. The van der Waals surface area contributed by atoms with Gasteiger partial charge < -0.3 is 10.4 Å². The molecular formula is C19H26N4O3. The molecule has 0 saturated heterocycles. The van der Waals surface area contributed by atoms with E-state index in [0.717, 1.165) is 36.7 Å². The maximum Gasteiger partial charge on any atom is 0.308 e. The van der Waals surface area contributed by atoms with Crippen LogP contribution in [0.4, 0.5) is 0 Å². The zero-order valence-corrected chi connectivity index (χ0v) is 15.3. The van der Waals surface area contributed by atoms with Gasteiger partial charge in [-0.15, -0.1) is 0 Å². The lowest BCUT2D eigenvalue weighted by Gasteiger charge is -2.27. The molecule has 2 aromatic heterocycles. The number of aromatic nitrogens is 3. The first kappa shape index (κ1) is 18.4. The van der Waals surface area contributed by atoms with Crippen LogP contribution < -0.4 is 5.32 Å². The van der Waals surface area contributed by atoms with Gasteiger partial charge in [0.05, 0.1) is 17.7 Å². The molecule has 1 aliphatic rings. The molecule has 2 unspecified atom stereocenters. The van der Waals surface area contributed by atoms with Gasteiger partial charge in [-0.1, -0.05) is 25.7 Å². The zero-order chi connectivity index (χ0) is 18.7. The molecule has 0 spiro atoms. The SMILES string of the molecule is CC(C)n1ncc2cc(C(=O)NC3CCCCCCC3C(=O)O)cnc21. The Morgan fingerprint density at radius 2 is 1.92 bits per heavy atom. The molecule has 1 amide bonds. The molecule has 2 aromatic rings. The fraction of sp³-hybridized carbons (Fsp3) is 0.579. The Balaban J connectivity index is 1.79. The number of carbonyl (C=O) groups excluding carboxylic acids is 1. The molecule has 1 saturated carbocycles. The van der Waals surface area contributed by atoms with E-state index in [1.807, 2.05) is 18.5 Å². The number of carboxylic acid groups (broad SMARTS) is 1. The number of carboxylic acids is 1. The van der Waals surface area contributed by atoms with E-state index in [9.17, 15) is 14.7 Å². The highest BCUT2D eigenvalue weighted by Gasteiger charge is 2.30. The minimum Gasteiger partial charge on any atom is -0.481 e. The third kappa shape index (κ3) is 3.86. The maximum atomic E-state index is 12.7. The predicted octanol–water partition coefficient (Wildman–Crippen LogP) is 3.17. The molecule has 0 bridgehead atoms. The predicted molar refractivity (Wildman–Crippen MR) is 98.0 cm³/mol. The summed E-state index contributed by atoms with van der Waals surface area (Å²) in [5, 5.41) is 17.6. The first-order valence-corrected chi connectivity index (χ1v) is 9.34. The van der Waals surface area contributed by atoms with Crippen molar-refractivity contribution in [2.45, 2.75) is 64.5 Å². The largest absolute Gasteiger partial charge is 0.481 e. The van der Waals surface area contributed by atoms with Crippen LogP contribution in [0.3, 0.4) is 0 Å². The van der Waals surface area contributed by atoms with Crippen LogP contribution in [-0.4, -0.2) is 37.8 Å². The number of hydrogen-bond acceptors (Lipinski definition) is 4. The Hall–Kier alpha value is -2.44. The van der Waals surface area contributed by atoms with E-state index in [4.69, 9.17) is 0 Å². The molecule has 2 N–H and O–H groups in total. The van der Waals surface area contributed by atoms with Crippen LogP contribution in [0, 0.1) is 5.92 Å². The fourth-order valence-corrected chi connectivity index (χ4v) is 3.65. The van der Waals surface area contributed by atoms with Crippen LogP contribution >= 0.6 is 0 Å². The monoisotopic (exact) mass is 358 g/mol. The number of rotatable bonds is 4. The molecule has 1 fully saturated rings. The van der Waals surface area contributed by atoms with Gasteiger partial charge in [-0.2, -0.15) is 5.10 Å². The fourth-order valence-electron chi connectivity index (χ4n) is 3.65. The van der Waals surface area contributed by atoms with Crippen LogP contribution in [0.15, 0.2) is 18.5 Å². The summed E-state index contributed by atoms with van der Waals surface area (Å²) >= 11 is 0. The van der Waals surface area contributed by atoms with E-state index in [1.54, 1.807) is 12.3 Å². The summed E-state index contributed by atoms with van der Waals surface area (Å²) in [7, 11) is 0. The van der Waals surface area contributed by atoms with Crippen LogP contribution in [0.25, 0.3) is 11.0 Å². The molecule has 7 heteroatoms. The van der Waals surface area contributed by atoms with Gasteiger partial charge in [0.15, 0.2) is 5.65 Å². The molecule has 0 aliphatic heterocycles. The van der Waals surface area contributed by atoms with Crippen molar-refractivity contribution >= 4 is 22.9 Å². The summed E-state index contributed by atoms with van der Waals surface area (Å²) in [4.78, 5) is 28.7. The molecule has 2 heterocycles. The molecule has 1 aliphatic carbocycles. The minimum absolute atomic E-state index is 0.186. The number of nitrogens with zero attached hydrogens (tertiary/aromatic N) is 3.